The number of benzene rings is 2. The summed E-state index contributed by atoms with van der Waals surface area (Å²) in [6.45, 7) is 3.73. The number of hydrogen-bond acceptors (Lipinski definition) is 3. The molecule has 0 bridgehead atoms. The summed E-state index contributed by atoms with van der Waals surface area (Å²) in [6.07, 6.45) is 0.401. The molecule has 2 aromatic carbocycles. The molecule has 0 atom stereocenters. The van der Waals surface area contributed by atoms with Crippen LogP contribution in [0, 0.1) is 6.92 Å². The van der Waals surface area contributed by atoms with Crippen molar-refractivity contribution in [2.75, 3.05) is 22.5 Å². The van der Waals surface area contributed by atoms with Gasteiger partial charge >= 0.3 is 0 Å². The zero-order valence-electron chi connectivity index (χ0n) is 13.7. The van der Waals surface area contributed by atoms with E-state index < -0.39 is 0 Å². The predicted octanol–water partition coefficient (Wildman–Crippen LogP) is 4.05. The van der Waals surface area contributed by atoms with Crippen molar-refractivity contribution < 1.29 is 9.59 Å². The van der Waals surface area contributed by atoms with Crippen LogP contribution in [0.4, 0.5) is 17.1 Å². The molecule has 0 unspecified atom stereocenters. The van der Waals surface area contributed by atoms with E-state index in [1.54, 1.807) is 31.2 Å². The number of halogens is 1. The molecule has 0 aliphatic heterocycles. The second-order valence-electron chi connectivity index (χ2n) is 5.26. The van der Waals surface area contributed by atoms with Gasteiger partial charge in [0.25, 0.3) is 0 Å². The Bertz CT molecular complexity index is 747. The smallest absolute Gasteiger partial charge is 0.243 e. The molecule has 0 aliphatic carbocycles. The van der Waals surface area contributed by atoms with E-state index in [9.17, 15) is 9.59 Å². The third-order valence-electron chi connectivity index (χ3n) is 3.52. The highest BCUT2D eigenvalue weighted by atomic mass is 35.5. The molecular weight excluding hydrogens is 326 g/mol. The van der Waals surface area contributed by atoms with Crippen LogP contribution in [0.2, 0.25) is 5.02 Å². The molecule has 0 heterocycles. The van der Waals surface area contributed by atoms with Crippen molar-refractivity contribution >= 4 is 40.5 Å². The van der Waals surface area contributed by atoms with Crippen LogP contribution in [-0.2, 0) is 9.59 Å². The van der Waals surface area contributed by atoms with E-state index in [0.29, 0.717) is 28.5 Å². The first-order chi connectivity index (χ1) is 11.5. The van der Waals surface area contributed by atoms with Gasteiger partial charge in [0, 0.05) is 17.8 Å². The summed E-state index contributed by atoms with van der Waals surface area (Å²) in [6, 6.07) is 12.6. The molecule has 0 spiro atoms. The summed E-state index contributed by atoms with van der Waals surface area (Å²) >= 11 is 6.04. The van der Waals surface area contributed by atoms with Crippen LogP contribution in [0.25, 0.3) is 0 Å². The van der Waals surface area contributed by atoms with E-state index in [2.05, 4.69) is 16.0 Å². The maximum absolute atomic E-state index is 12.1. The van der Waals surface area contributed by atoms with Gasteiger partial charge < -0.3 is 16.0 Å². The third kappa shape index (κ3) is 4.73. The maximum Gasteiger partial charge on any atom is 0.243 e. The van der Waals surface area contributed by atoms with Crippen molar-refractivity contribution in [3.8, 4) is 0 Å². The first-order valence-corrected chi connectivity index (χ1v) is 8.06. The molecule has 0 aromatic heterocycles. The van der Waals surface area contributed by atoms with Gasteiger partial charge in [0.2, 0.25) is 11.8 Å². The lowest BCUT2D eigenvalue weighted by Gasteiger charge is -2.14. The number of nitrogens with one attached hydrogen (secondary N) is 3. The Labute approximate surface area is 146 Å². The average molecular weight is 346 g/mol. The molecule has 126 valence electrons. The van der Waals surface area contributed by atoms with Gasteiger partial charge in [-0.1, -0.05) is 36.7 Å². The van der Waals surface area contributed by atoms with Crippen molar-refractivity contribution in [3.63, 3.8) is 0 Å². The summed E-state index contributed by atoms with van der Waals surface area (Å²) in [5.41, 5.74) is 2.87. The summed E-state index contributed by atoms with van der Waals surface area (Å²) < 4.78 is 0. The van der Waals surface area contributed by atoms with E-state index in [-0.39, 0.29) is 18.4 Å². The van der Waals surface area contributed by atoms with Crippen molar-refractivity contribution in [2.45, 2.75) is 20.3 Å². The first-order valence-electron chi connectivity index (χ1n) is 7.69. The van der Waals surface area contributed by atoms with Crippen LogP contribution < -0.4 is 16.0 Å². The van der Waals surface area contributed by atoms with Gasteiger partial charge in [-0.3, -0.25) is 9.59 Å². The Kier molecular flexibility index (Phi) is 6.21. The highest BCUT2D eigenvalue weighted by Crippen LogP contribution is 2.24. The topological polar surface area (TPSA) is 70.2 Å². The van der Waals surface area contributed by atoms with Gasteiger partial charge in [0.1, 0.15) is 0 Å². The number of carbonyl (C=O) groups is 2. The van der Waals surface area contributed by atoms with Crippen LogP contribution in [-0.4, -0.2) is 18.4 Å². The fourth-order valence-electron chi connectivity index (χ4n) is 2.12. The molecule has 0 radical (unpaired) electrons. The minimum absolute atomic E-state index is 0.0676. The zero-order chi connectivity index (χ0) is 17.5. The van der Waals surface area contributed by atoms with Gasteiger partial charge in [-0.25, -0.2) is 0 Å². The van der Waals surface area contributed by atoms with Crippen molar-refractivity contribution in [2.24, 2.45) is 0 Å². The Morgan fingerprint density at radius 3 is 2.12 bits per heavy atom. The Hall–Kier alpha value is -2.53. The average Bonchev–Trinajstić information content (AvgIpc) is 2.57. The number of hydrogen-bond donors (Lipinski definition) is 3. The second-order valence-corrected chi connectivity index (χ2v) is 5.67. The molecule has 3 N–H and O–H groups in total. The number of para-hydroxylation sites is 1. The van der Waals surface area contributed by atoms with Gasteiger partial charge in [-0.2, -0.15) is 0 Å². The molecule has 2 aromatic rings. The van der Waals surface area contributed by atoms with E-state index in [1.165, 1.54) is 0 Å². The third-order valence-corrected chi connectivity index (χ3v) is 3.85. The fraction of sp³-hybridized carbons (Fsp3) is 0.222. The molecule has 2 rings (SSSR count). The Morgan fingerprint density at radius 2 is 1.50 bits per heavy atom. The lowest BCUT2D eigenvalue weighted by Crippen LogP contribution is -2.22. The molecule has 6 heteroatoms. The molecule has 0 saturated carbocycles. The fourth-order valence-corrected chi connectivity index (χ4v) is 2.32. The summed E-state index contributed by atoms with van der Waals surface area (Å²) in [5, 5.41) is 9.21. The summed E-state index contributed by atoms with van der Waals surface area (Å²) in [5.74, 6) is -0.265. The van der Waals surface area contributed by atoms with Crippen molar-refractivity contribution in [1.29, 1.82) is 0 Å². The van der Waals surface area contributed by atoms with Crippen LogP contribution in [0.3, 0.4) is 0 Å². The van der Waals surface area contributed by atoms with E-state index in [4.69, 9.17) is 11.6 Å². The molecule has 0 aliphatic rings. The summed E-state index contributed by atoms with van der Waals surface area (Å²) in [7, 11) is 0. The lowest BCUT2D eigenvalue weighted by molar-refractivity contribution is -0.116. The number of anilines is 3. The van der Waals surface area contributed by atoms with Gasteiger partial charge in [-0.15, -0.1) is 0 Å². The van der Waals surface area contributed by atoms with Crippen LogP contribution in [0.15, 0.2) is 42.5 Å². The van der Waals surface area contributed by atoms with E-state index >= 15 is 0 Å². The lowest BCUT2D eigenvalue weighted by atomic mass is 10.1. The van der Waals surface area contributed by atoms with Gasteiger partial charge in [-0.05, 0) is 36.8 Å². The Balaban J connectivity index is 2.00. The molecule has 0 fully saturated rings. The number of rotatable bonds is 6. The highest BCUT2D eigenvalue weighted by Gasteiger charge is 2.09. The monoisotopic (exact) mass is 345 g/mol. The zero-order valence-corrected chi connectivity index (χ0v) is 14.4. The Morgan fingerprint density at radius 1 is 0.917 bits per heavy atom. The molecule has 5 nitrogen and oxygen atoms in total. The largest absolute Gasteiger partial charge is 0.375 e. The number of amides is 2. The minimum Gasteiger partial charge on any atom is -0.375 e. The number of carbonyl (C=O) groups excluding carboxylic acids is 2. The molecule has 24 heavy (non-hydrogen) atoms. The van der Waals surface area contributed by atoms with E-state index in [0.717, 1.165) is 5.56 Å². The van der Waals surface area contributed by atoms with Gasteiger partial charge in [0.15, 0.2) is 0 Å². The standard InChI is InChI=1S/C18H20ClN3O2/c1-3-17(23)21-14-9-6-10-15(12(14)2)22-18(24)11-20-16-8-5-4-7-13(16)19/h4-10,20H,3,11H2,1-2H3,(H,21,23)(H,22,24). The van der Waals surface area contributed by atoms with Crippen molar-refractivity contribution in [1.82, 2.24) is 0 Å². The predicted molar refractivity (Wildman–Crippen MR) is 98.7 cm³/mol. The summed E-state index contributed by atoms with van der Waals surface area (Å²) in [4.78, 5) is 23.7. The molecular formula is C18H20ClN3O2. The normalized spacial score (nSPS) is 10.1. The highest BCUT2D eigenvalue weighted by molar-refractivity contribution is 6.33. The molecule has 2 amide bonds. The minimum atomic E-state index is -0.197. The van der Waals surface area contributed by atoms with Crippen LogP contribution >= 0.6 is 11.6 Å². The van der Waals surface area contributed by atoms with Gasteiger partial charge in [0.05, 0.1) is 17.3 Å². The quantitative estimate of drug-likeness (QED) is 0.739. The molecule has 0 saturated heterocycles. The SMILES string of the molecule is CCC(=O)Nc1cccc(NC(=O)CNc2ccccc2Cl)c1C. The maximum atomic E-state index is 12.1. The van der Waals surface area contributed by atoms with E-state index in [1.807, 2.05) is 25.1 Å². The second kappa shape index (κ2) is 8.36. The van der Waals surface area contributed by atoms with Crippen molar-refractivity contribution in [3.05, 3.63) is 53.1 Å². The first kappa shape index (κ1) is 17.8. The van der Waals surface area contributed by atoms with Crippen LogP contribution in [0.5, 0.6) is 0 Å². The van der Waals surface area contributed by atoms with Crippen LogP contribution in [0.1, 0.15) is 18.9 Å².